The summed E-state index contributed by atoms with van der Waals surface area (Å²) in [5.41, 5.74) is 6.70. The van der Waals surface area contributed by atoms with Crippen molar-refractivity contribution in [1.82, 2.24) is 15.8 Å². The van der Waals surface area contributed by atoms with Crippen LogP contribution in [0.5, 0.6) is 0 Å². The molecule has 1 saturated heterocycles. The van der Waals surface area contributed by atoms with Crippen molar-refractivity contribution in [3.8, 4) is 0 Å². The summed E-state index contributed by atoms with van der Waals surface area (Å²) < 4.78 is 0. The van der Waals surface area contributed by atoms with Gasteiger partial charge in [0.25, 0.3) is 5.91 Å². The average molecular weight is 358 g/mol. The van der Waals surface area contributed by atoms with Crippen molar-refractivity contribution in [2.45, 2.75) is 26.2 Å². The lowest BCUT2D eigenvalue weighted by atomic mass is 10.1. The quantitative estimate of drug-likeness (QED) is 0.812. The molecule has 0 radical (unpaired) electrons. The van der Waals surface area contributed by atoms with Gasteiger partial charge < -0.3 is 0 Å². The Morgan fingerprint density at radius 2 is 2.08 bits per heavy atom. The molecule has 7 nitrogen and oxygen atoms in total. The first-order valence-corrected chi connectivity index (χ1v) is 8.82. The van der Waals surface area contributed by atoms with Crippen LogP contribution in [0.2, 0.25) is 0 Å². The molecule has 0 unspecified atom stereocenters. The number of nitrogens with one attached hydrogen (secondary N) is 2. The molecule has 3 amide bonds. The van der Waals surface area contributed by atoms with Gasteiger partial charge in [0, 0.05) is 23.9 Å². The van der Waals surface area contributed by atoms with Gasteiger partial charge in [-0.25, -0.2) is 4.98 Å². The molecule has 1 aromatic carbocycles. The zero-order valence-corrected chi connectivity index (χ0v) is 14.6. The zero-order valence-electron chi connectivity index (χ0n) is 13.7. The van der Waals surface area contributed by atoms with Gasteiger partial charge in [-0.15, -0.1) is 11.3 Å². The SMILES string of the molecule is Cc1ccccc1C(=O)NNC(=O)Cc1csc(N2CCCC2=O)n1. The summed E-state index contributed by atoms with van der Waals surface area (Å²) in [7, 11) is 0. The van der Waals surface area contributed by atoms with E-state index in [1.807, 2.05) is 19.1 Å². The molecule has 25 heavy (non-hydrogen) atoms. The maximum absolute atomic E-state index is 12.1. The number of amides is 3. The van der Waals surface area contributed by atoms with Crippen LogP contribution in [0.25, 0.3) is 0 Å². The largest absolute Gasteiger partial charge is 0.288 e. The van der Waals surface area contributed by atoms with Gasteiger partial charge in [-0.05, 0) is 25.0 Å². The summed E-state index contributed by atoms with van der Waals surface area (Å²) in [6.07, 6.45) is 1.41. The Hall–Kier alpha value is -2.74. The summed E-state index contributed by atoms with van der Waals surface area (Å²) >= 11 is 1.34. The monoisotopic (exact) mass is 358 g/mol. The average Bonchev–Trinajstić information content (AvgIpc) is 3.21. The topological polar surface area (TPSA) is 91.4 Å². The van der Waals surface area contributed by atoms with E-state index >= 15 is 0 Å². The molecule has 1 fully saturated rings. The minimum Gasteiger partial charge on any atom is -0.288 e. The van der Waals surface area contributed by atoms with E-state index in [9.17, 15) is 14.4 Å². The van der Waals surface area contributed by atoms with Crippen molar-refractivity contribution >= 4 is 34.2 Å². The van der Waals surface area contributed by atoms with Gasteiger partial charge in [-0.3, -0.25) is 30.1 Å². The van der Waals surface area contributed by atoms with Gasteiger partial charge in [0.15, 0.2) is 5.13 Å². The van der Waals surface area contributed by atoms with E-state index in [0.29, 0.717) is 29.4 Å². The Bertz CT molecular complexity index is 818. The van der Waals surface area contributed by atoms with E-state index in [1.54, 1.807) is 22.4 Å². The Labute approximate surface area is 149 Å². The smallest absolute Gasteiger partial charge is 0.269 e. The molecule has 1 aliphatic rings. The lowest BCUT2D eigenvalue weighted by molar-refractivity contribution is -0.121. The van der Waals surface area contributed by atoms with Crippen LogP contribution in [0.15, 0.2) is 29.6 Å². The highest BCUT2D eigenvalue weighted by Crippen LogP contribution is 2.25. The third kappa shape index (κ3) is 4.03. The summed E-state index contributed by atoms with van der Waals surface area (Å²) in [5.74, 6) is -0.671. The number of hydrogen-bond donors (Lipinski definition) is 2. The van der Waals surface area contributed by atoms with E-state index < -0.39 is 0 Å². The molecule has 8 heteroatoms. The number of anilines is 1. The fourth-order valence-corrected chi connectivity index (χ4v) is 3.45. The van der Waals surface area contributed by atoms with E-state index in [2.05, 4.69) is 15.8 Å². The molecule has 1 aliphatic heterocycles. The molecule has 3 rings (SSSR count). The second-order valence-corrected chi connectivity index (χ2v) is 6.60. The Morgan fingerprint density at radius 1 is 1.28 bits per heavy atom. The van der Waals surface area contributed by atoms with E-state index in [-0.39, 0.29) is 24.1 Å². The van der Waals surface area contributed by atoms with Crippen LogP contribution >= 0.6 is 11.3 Å². The van der Waals surface area contributed by atoms with E-state index in [1.165, 1.54) is 11.3 Å². The minimum atomic E-state index is -0.369. The predicted octanol–water partition coefficient (Wildman–Crippen LogP) is 1.58. The second kappa shape index (κ2) is 7.43. The molecule has 2 aromatic rings. The highest BCUT2D eigenvalue weighted by atomic mass is 32.1. The normalized spacial score (nSPS) is 13.8. The molecule has 0 spiro atoms. The lowest BCUT2D eigenvalue weighted by Gasteiger charge is -2.10. The van der Waals surface area contributed by atoms with Crippen LogP contribution in [0.4, 0.5) is 5.13 Å². The molecular formula is C17H18N4O3S. The first-order valence-electron chi connectivity index (χ1n) is 7.94. The number of aryl methyl sites for hydroxylation is 1. The molecule has 2 heterocycles. The Balaban J connectivity index is 1.53. The number of nitrogens with zero attached hydrogens (tertiary/aromatic N) is 2. The van der Waals surface area contributed by atoms with Gasteiger partial charge in [0.1, 0.15) is 0 Å². The number of hydrogen-bond acceptors (Lipinski definition) is 5. The standard InChI is InChI=1S/C17H18N4O3S/c1-11-5-2-3-6-13(11)16(24)20-19-14(22)9-12-10-25-17(18-12)21-8-4-7-15(21)23/h2-3,5-6,10H,4,7-9H2,1H3,(H,19,22)(H,20,24). The summed E-state index contributed by atoms with van der Waals surface area (Å²) in [5, 5.41) is 2.37. The molecule has 0 atom stereocenters. The second-order valence-electron chi connectivity index (χ2n) is 5.76. The number of rotatable bonds is 4. The van der Waals surface area contributed by atoms with E-state index in [4.69, 9.17) is 0 Å². The first kappa shape index (κ1) is 17.1. The number of aromatic nitrogens is 1. The maximum atomic E-state index is 12.1. The third-order valence-electron chi connectivity index (χ3n) is 3.89. The van der Waals surface area contributed by atoms with Crippen molar-refractivity contribution in [2.24, 2.45) is 0 Å². The molecular weight excluding hydrogens is 340 g/mol. The molecule has 130 valence electrons. The summed E-state index contributed by atoms with van der Waals surface area (Å²) in [6.45, 7) is 2.50. The van der Waals surface area contributed by atoms with Crippen molar-refractivity contribution in [3.05, 3.63) is 46.5 Å². The minimum absolute atomic E-state index is 0.0343. The van der Waals surface area contributed by atoms with Crippen LogP contribution in [0.1, 0.15) is 34.5 Å². The van der Waals surface area contributed by atoms with Gasteiger partial charge in [0.05, 0.1) is 12.1 Å². The fraction of sp³-hybridized carbons (Fsp3) is 0.294. The van der Waals surface area contributed by atoms with Crippen molar-refractivity contribution in [2.75, 3.05) is 11.4 Å². The molecule has 2 N–H and O–H groups in total. The maximum Gasteiger partial charge on any atom is 0.269 e. The zero-order chi connectivity index (χ0) is 17.8. The number of hydrazine groups is 1. The Kier molecular flexibility index (Phi) is 5.08. The number of benzene rings is 1. The van der Waals surface area contributed by atoms with Crippen molar-refractivity contribution in [3.63, 3.8) is 0 Å². The van der Waals surface area contributed by atoms with Gasteiger partial charge >= 0.3 is 0 Å². The summed E-state index contributed by atoms with van der Waals surface area (Å²) in [6, 6.07) is 7.12. The van der Waals surface area contributed by atoms with Crippen LogP contribution in [0.3, 0.4) is 0 Å². The highest BCUT2D eigenvalue weighted by Gasteiger charge is 2.24. The van der Waals surface area contributed by atoms with Crippen molar-refractivity contribution in [1.29, 1.82) is 0 Å². The number of carbonyl (C=O) groups excluding carboxylic acids is 3. The fourth-order valence-electron chi connectivity index (χ4n) is 2.58. The third-order valence-corrected chi connectivity index (χ3v) is 4.80. The van der Waals surface area contributed by atoms with Gasteiger partial charge in [0.2, 0.25) is 11.8 Å². The predicted molar refractivity (Wildman–Crippen MR) is 94.2 cm³/mol. The number of carbonyl (C=O) groups is 3. The molecule has 0 aliphatic carbocycles. The van der Waals surface area contributed by atoms with Gasteiger partial charge in [-0.1, -0.05) is 18.2 Å². The molecule has 1 aromatic heterocycles. The van der Waals surface area contributed by atoms with Crippen LogP contribution in [-0.4, -0.2) is 29.3 Å². The molecule has 0 bridgehead atoms. The van der Waals surface area contributed by atoms with Crippen LogP contribution < -0.4 is 15.8 Å². The van der Waals surface area contributed by atoms with Gasteiger partial charge in [-0.2, -0.15) is 0 Å². The van der Waals surface area contributed by atoms with Crippen LogP contribution in [0, 0.1) is 6.92 Å². The molecule has 0 saturated carbocycles. The lowest BCUT2D eigenvalue weighted by Crippen LogP contribution is -2.42. The first-order chi connectivity index (χ1) is 12.0. The Morgan fingerprint density at radius 3 is 2.80 bits per heavy atom. The van der Waals surface area contributed by atoms with E-state index in [0.717, 1.165) is 12.0 Å². The van der Waals surface area contributed by atoms with Crippen LogP contribution in [-0.2, 0) is 16.0 Å². The number of thiazole rings is 1. The van der Waals surface area contributed by atoms with Crippen molar-refractivity contribution < 1.29 is 14.4 Å². The summed E-state index contributed by atoms with van der Waals surface area (Å²) in [4.78, 5) is 41.7. The highest BCUT2D eigenvalue weighted by molar-refractivity contribution is 7.14.